The van der Waals surface area contributed by atoms with Gasteiger partial charge < -0.3 is 4.57 Å². The van der Waals surface area contributed by atoms with E-state index in [0.29, 0.717) is 21.6 Å². The number of carbonyl (C=O) groups is 1. The number of rotatable bonds is 4. The first-order valence-corrected chi connectivity index (χ1v) is 10.6. The number of carbonyl (C=O) groups excluding carboxylic acids is 1. The lowest BCUT2D eigenvalue weighted by Crippen LogP contribution is -2.16. The molecule has 3 rings (SSSR count). The van der Waals surface area contributed by atoms with Crippen LogP contribution in [0.4, 0.5) is 0 Å². The monoisotopic (exact) mass is 451 g/mol. The largest absolute Gasteiger partial charge is 0.312 e. The summed E-state index contributed by atoms with van der Waals surface area (Å²) < 4.78 is 26.4. The summed E-state index contributed by atoms with van der Waals surface area (Å²) in [5.41, 5.74) is 1.20. The van der Waals surface area contributed by atoms with Gasteiger partial charge in [0.05, 0.1) is 15.1 Å². The number of nitrogens with two attached hydrogens (primary N) is 1. The Hall–Kier alpha value is -2.07. The van der Waals surface area contributed by atoms with Gasteiger partial charge in [0.15, 0.2) is 4.80 Å². The maximum absolute atomic E-state index is 12.5. The van der Waals surface area contributed by atoms with E-state index in [0.717, 1.165) is 9.99 Å². The Kier molecular flexibility index (Phi) is 5.24. The molecule has 0 atom stereocenters. The zero-order chi connectivity index (χ0) is 18.9. The number of benzene rings is 2. The van der Waals surface area contributed by atoms with Crippen LogP contribution in [0, 0.1) is 0 Å². The Morgan fingerprint density at radius 1 is 1.31 bits per heavy atom. The van der Waals surface area contributed by atoms with Gasteiger partial charge >= 0.3 is 0 Å². The molecule has 0 saturated carbocycles. The van der Waals surface area contributed by atoms with Crippen molar-refractivity contribution in [2.45, 2.75) is 11.4 Å². The molecule has 0 radical (unpaired) electrons. The topological polar surface area (TPSA) is 94.5 Å². The lowest BCUT2D eigenvalue weighted by atomic mass is 10.2. The molecule has 2 N–H and O–H groups in total. The summed E-state index contributed by atoms with van der Waals surface area (Å²) in [5, 5.41) is 5.19. The van der Waals surface area contributed by atoms with Gasteiger partial charge in [-0.15, -0.1) is 6.58 Å². The molecule has 6 nitrogen and oxygen atoms in total. The van der Waals surface area contributed by atoms with Crippen molar-refractivity contribution < 1.29 is 13.2 Å². The van der Waals surface area contributed by atoms with E-state index in [2.05, 4.69) is 27.5 Å². The molecule has 0 fully saturated rings. The van der Waals surface area contributed by atoms with Crippen LogP contribution in [-0.4, -0.2) is 18.9 Å². The van der Waals surface area contributed by atoms with Crippen LogP contribution < -0.4 is 9.94 Å². The van der Waals surface area contributed by atoms with E-state index in [4.69, 9.17) is 5.14 Å². The van der Waals surface area contributed by atoms with E-state index in [1.807, 2.05) is 6.07 Å². The number of hydrogen-bond donors (Lipinski definition) is 1. The van der Waals surface area contributed by atoms with Gasteiger partial charge in [0.1, 0.15) is 0 Å². The number of primary sulfonamides is 1. The Morgan fingerprint density at radius 2 is 2.08 bits per heavy atom. The highest BCUT2D eigenvalue weighted by atomic mass is 79.9. The van der Waals surface area contributed by atoms with Gasteiger partial charge in [-0.05, 0) is 36.4 Å². The van der Waals surface area contributed by atoms with Crippen LogP contribution in [0.5, 0.6) is 0 Å². The lowest BCUT2D eigenvalue weighted by Gasteiger charge is -2.02. The first kappa shape index (κ1) is 18.7. The zero-order valence-electron chi connectivity index (χ0n) is 13.4. The van der Waals surface area contributed by atoms with Gasteiger partial charge in [0.25, 0.3) is 5.91 Å². The second kappa shape index (κ2) is 7.28. The smallest absolute Gasteiger partial charge is 0.279 e. The van der Waals surface area contributed by atoms with Gasteiger partial charge in [-0.2, -0.15) is 4.99 Å². The van der Waals surface area contributed by atoms with Crippen LogP contribution in [0.2, 0.25) is 0 Å². The van der Waals surface area contributed by atoms with Gasteiger partial charge in [0.2, 0.25) is 10.0 Å². The van der Waals surface area contributed by atoms with E-state index in [1.54, 1.807) is 34.9 Å². The van der Waals surface area contributed by atoms with Crippen molar-refractivity contribution in [3.63, 3.8) is 0 Å². The van der Waals surface area contributed by atoms with Gasteiger partial charge in [0, 0.05) is 16.6 Å². The third-order valence-electron chi connectivity index (χ3n) is 3.56. The van der Waals surface area contributed by atoms with Crippen LogP contribution in [0.25, 0.3) is 10.2 Å². The molecule has 0 spiro atoms. The average molecular weight is 452 g/mol. The molecular formula is C17H14BrN3O3S2. The van der Waals surface area contributed by atoms with E-state index in [9.17, 15) is 13.2 Å². The first-order valence-electron chi connectivity index (χ1n) is 7.41. The van der Waals surface area contributed by atoms with Crippen LogP contribution in [-0.2, 0) is 16.6 Å². The highest BCUT2D eigenvalue weighted by Crippen LogP contribution is 2.21. The van der Waals surface area contributed by atoms with Crippen molar-refractivity contribution in [3.05, 3.63) is 70.0 Å². The van der Waals surface area contributed by atoms with Crippen LogP contribution >= 0.6 is 27.3 Å². The fraction of sp³-hybridized carbons (Fsp3) is 0.0588. The molecule has 0 unspecified atom stereocenters. The minimum absolute atomic E-state index is 0.0156. The number of hydrogen-bond acceptors (Lipinski definition) is 4. The number of fused-ring (bicyclic) bond motifs is 1. The molecule has 0 aliphatic heterocycles. The number of allylic oxidation sites excluding steroid dienone is 1. The molecule has 134 valence electrons. The van der Waals surface area contributed by atoms with Crippen LogP contribution in [0.15, 0.2) is 69.5 Å². The zero-order valence-corrected chi connectivity index (χ0v) is 16.6. The predicted molar refractivity (Wildman–Crippen MR) is 105 cm³/mol. The molecule has 0 aliphatic rings. The van der Waals surface area contributed by atoms with Crippen molar-refractivity contribution in [2.24, 2.45) is 10.1 Å². The number of sulfonamides is 1. The fourth-order valence-corrected chi connectivity index (χ4v) is 4.49. The van der Waals surface area contributed by atoms with Crippen LogP contribution in [0.3, 0.4) is 0 Å². The minimum Gasteiger partial charge on any atom is -0.312 e. The number of thiazole rings is 1. The molecule has 9 heteroatoms. The van der Waals surface area contributed by atoms with Gasteiger partial charge in [-0.3, -0.25) is 4.79 Å². The van der Waals surface area contributed by atoms with Crippen molar-refractivity contribution in [2.75, 3.05) is 0 Å². The molecule has 1 amide bonds. The third kappa shape index (κ3) is 3.85. The molecule has 3 aromatic rings. The highest BCUT2D eigenvalue weighted by molar-refractivity contribution is 9.10. The Balaban J connectivity index is 2.19. The summed E-state index contributed by atoms with van der Waals surface area (Å²) in [6.07, 6.45) is 1.68. The SMILES string of the molecule is C=CCn1c(=NC(=O)c2cccc(Br)c2)sc2cc(S(N)(=O)=O)ccc21. The molecule has 26 heavy (non-hydrogen) atoms. The van der Waals surface area contributed by atoms with Crippen molar-refractivity contribution >= 4 is 53.4 Å². The fourth-order valence-electron chi connectivity index (χ4n) is 2.39. The third-order valence-corrected chi connectivity index (χ3v) is 6.01. The summed E-state index contributed by atoms with van der Waals surface area (Å²) in [6, 6.07) is 11.5. The number of aromatic nitrogens is 1. The predicted octanol–water partition coefficient (Wildman–Crippen LogP) is 3.04. The number of nitrogens with zero attached hydrogens (tertiary/aromatic N) is 2. The van der Waals surface area contributed by atoms with Crippen LogP contribution in [0.1, 0.15) is 10.4 Å². The normalized spacial score (nSPS) is 12.5. The maximum Gasteiger partial charge on any atom is 0.279 e. The minimum atomic E-state index is -3.81. The summed E-state index contributed by atoms with van der Waals surface area (Å²) in [4.78, 5) is 17.2. The number of halogens is 1. The second-order valence-electron chi connectivity index (χ2n) is 5.39. The molecule has 1 heterocycles. The van der Waals surface area contributed by atoms with E-state index < -0.39 is 10.0 Å². The van der Waals surface area contributed by atoms with Gasteiger partial charge in [-0.1, -0.05) is 39.4 Å². The van der Waals surface area contributed by atoms with Crippen molar-refractivity contribution in [1.82, 2.24) is 4.57 Å². The lowest BCUT2D eigenvalue weighted by molar-refractivity contribution is 0.0998. The Labute approximate surface area is 162 Å². The summed E-state index contributed by atoms with van der Waals surface area (Å²) >= 11 is 4.55. The van der Waals surface area contributed by atoms with Crippen molar-refractivity contribution in [3.8, 4) is 0 Å². The second-order valence-corrected chi connectivity index (χ2v) is 8.87. The van der Waals surface area contributed by atoms with E-state index >= 15 is 0 Å². The molecule has 0 bridgehead atoms. The molecule has 2 aromatic carbocycles. The maximum atomic E-state index is 12.5. The average Bonchev–Trinajstić information content (AvgIpc) is 2.91. The van der Waals surface area contributed by atoms with E-state index in [1.165, 1.54) is 23.5 Å². The standard InChI is InChI=1S/C17H14BrN3O3S2/c1-2-8-21-14-7-6-13(26(19,23)24)10-15(14)25-17(21)20-16(22)11-4-3-5-12(18)9-11/h2-7,9-10H,1,8H2,(H2,19,23,24). The Morgan fingerprint density at radius 3 is 2.73 bits per heavy atom. The van der Waals surface area contributed by atoms with Crippen molar-refractivity contribution in [1.29, 1.82) is 0 Å². The molecular weight excluding hydrogens is 438 g/mol. The summed E-state index contributed by atoms with van der Waals surface area (Å²) in [5.74, 6) is -0.387. The quantitative estimate of drug-likeness (QED) is 0.617. The van der Waals surface area contributed by atoms with Gasteiger partial charge in [-0.25, -0.2) is 13.6 Å². The summed E-state index contributed by atoms with van der Waals surface area (Å²) in [6.45, 7) is 4.15. The molecule has 0 saturated heterocycles. The number of amides is 1. The Bertz CT molecular complexity index is 1190. The first-order chi connectivity index (χ1) is 12.3. The molecule has 0 aliphatic carbocycles. The molecule has 1 aromatic heterocycles. The highest BCUT2D eigenvalue weighted by Gasteiger charge is 2.13. The summed E-state index contributed by atoms with van der Waals surface area (Å²) in [7, 11) is -3.81. The van der Waals surface area contributed by atoms with E-state index in [-0.39, 0.29) is 10.8 Å².